The van der Waals surface area contributed by atoms with Gasteiger partial charge in [-0.2, -0.15) is 23.4 Å². The van der Waals surface area contributed by atoms with Gasteiger partial charge in [0.2, 0.25) is 0 Å². The fraction of sp³-hybridized carbons (Fsp3) is 0.400. The van der Waals surface area contributed by atoms with Crippen molar-refractivity contribution in [2.45, 2.75) is 26.7 Å². The number of hydrogen-bond acceptors (Lipinski definition) is 3. The Bertz CT molecular complexity index is 567. The van der Waals surface area contributed by atoms with Gasteiger partial charge in [-0.15, -0.1) is 0 Å². The number of nitrogens with zero attached hydrogens (tertiary/aromatic N) is 4. The highest BCUT2D eigenvalue weighted by molar-refractivity contribution is 5.28. The molecule has 2 aromatic rings. The molecule has 0 bridgehead atoms. The van der Waals surface area contributed by atoms with Crippen LogP contribution in [0.2, 0.25) is 0 Å². The summed E-state index contributed by atoms with van der Waals surface area (Å²) >= 11 is 0. The van der Waals surface area contributed by atoms with Crippen LogP contribution in [-0.2, 0) is 12.8 Å². The van der Waals surface area contributed by atoms with Crippen LogP contribution in [0.25, 0.3) is 0 Å². The molecule has 0 atom stereocenters. The highest BCUT2D eigenvalue weighted by atomic mass is 19.4. The monoisotopic (exact) mass is 259 g/mol. The molecule has 2 rings (SSSR count). The van der Waals surface area contributed by atoms with Crippen molar-refractivity contribution in [1.82, 2.24) is 19.6 Å². The van der Waals surface area contributed by atoms with Crippen molar-refractivity contribution >= 4 is 5.82 Å². The van der Waals surface area contributed by atoms with E-state index in [-0.39, 0.29) is 6.67 Å². The molecule has 5 nitrogen and oxygen atoms in total. The number of alkyl halides is 3. The normalized spacial score (nSPS) is 12.1. The minimum atomic E-state index is -4.44. The molecule has 0 amide bonds. The summed E-state index contributed by atoms with van der Waals surface area (Å²) in [5.74, 6) is 0.327. The number of rotatable bonds is 2. The van der Waals surface area contributed by atoms with Gasteiger partial charge in [0.05, 0.1) is 0 Å². The molecule has 0 unspecified atom stereocenters. The first-order chi connectivity index (χ1) is 8.27. The zero-order valence-electron chi connectivity index (χ0n) is 9.86. The molecule has 2 aromatic heterocycles. The van der Waals surface area contributed by atoms with Crippen LogP contribution in [0.1, 0.15) is 17.1 Å². The minimum Gasteiger partial charge on any atom is -0.382 e. The summed E-state index contributed by atoms with van der Waals surface area (Å²) in [4.78, 5) is 0. The molecule has 0 radical (unpaired) electrons. The van der Waals surface area contributed by atoms with Crippen LogP contribution in [0.15, 0.2) is 12.1 Å². The number of nitrogens with two attached hydrogens (primary N) is 1. The summed E-state index contributed by atoms with van der Waals surface area (Å²) in [7, 11) is 0. The maximum absolute atomic E-state index is 12.5. The summed E-state index contributed by atoms with van der Waals surface area (Å²) in [6.45, 7) is 3.43. The maximum Gasteiger partial charge on any atom is 0.435 e. The third kappa shape index (κ3) is 2.31. The van der Waals surface area contributed by atoms with E-state index in [1.165, 1.54) is 9.36 Å². The molecule has 0 spiro atoms. The van der Waals surface area contributed by atoms with E-state index in [1.54, 1.807) is 19.9 Å². The van der Waals surface area contributed by atoms with Gasteiger partial charge in [0, 0.05) is 17.5 Å². The van der Waals surface area contributed by atoms with Crippen molar-refractivity contribution in [3.63, 3.8) is 0 Å². The lowest BCUT2D eigenvalue weighted by Gasteiger charge is -2.06. The molecule has 0 aliphatic carbocycles. The Morgan fingerprint density at radius 1 is 1.11 bits per heavy atom. The van der Waals surface area contributed by atoms with Crippen molar-refractivity contribution in [3.8, 4) is 0 Å². The summed E-state index contributed by atoms with van der Waals surface area (Å²) in [6.07, 6.45) is -4.44. The molecule has 0 saturated heterocycles. The van der Waals surface area contributed by atoms with Gasteiger partial charge in [-0.3, -0.25) is 0 Å². The lowest BCUT2D eigenvalue weighted by Crippen LogP contribution is -2.15. The van der Waals surface area contributed by atoms with Gasteiger partial charge in [-0.1, -0.05) is 0 Å². The predicted molar refractivity (Wildman–Crippen MR) is 58.7 cm³/mol. The van der Waals surface area contributed by atoms with Crippen LogP contribution in [0.3, 0.4) is 0 Å². The van der Waals surface area contributed by atoms with E-state index >= 15 is 0 Å². The number of hydrogen-bond donors (Lipinski definition) is 1. The zero-order valence-corrected chi connectivity index (χ0v) is 9.86. The predicted octanol–water partition coefficient (Wildman–Crippen LogP) is 1.80. The number of halogens is 3. The Kier molecular flexibility index (Phi) is 2.80. The number of aromatic nitrogens is 4. The second kappa shape index (κ2) is 4.04. The quantitative estimate of drug-likeness (QED) is 0.894. The Balaban J connectivity index is 2.30. The first-order valence-corrected chi connectivity index (χ1v) is 5.19. The third-order valence-corrected chi connectivity index (χ3v) is 2.54. The molecule has 0 aliphatic rings. The van der Waals surface area contributed by atoms with Crippen molar-refractivity contribution < 1.29 is 13.2 Å². The van der Waals surface area contributed by atoms with Crippen molar-refractivity contribution in [1.29, 1.82) is 0 Å². The van der Waals surface area contributed by atoms with E-state index in [9.17, 15) is 13.2 Å². The molecule has 8 heteroatoms. The Morgan fingerprint density at radius 2 is 1.67 bits per heavy atom. The number of anilines is 1. The van der Waals surface area contributed by atoms with Crippen molar-refractivity contribution in [3.05, 3.63) is 29.2 Å². The van der Waals surface area contributed by atoms with Gasteiger partial charge < -0.3 is 5.73 Å². The second-order valence-corrected chi connectivity index (χ2v) is 4.02. The summed E-state index contributed by atoms with van der Waals surface area (Å²) in [5, 5.41) is 7.49. The molecule has 0 aliphatic heterocycles. The second-order valence-electron chi connectivity index (χ2n) is 4.02. The molecule has 18 heavy (non-hydrogen) atoms. The van der Waals surface area contributed by atoms with Gasteiger partial charge in [-0.05, 0) is 19.9 Å². The average molecular weight is 259 g/mol. The summed E-state index contributed by atoms with van der Waals surface area (Å²) < 4.78 is 40.2. The maximum atomic E-state index is 12.5. The fourth-order valence-electron chi connectivity index (χ4n) is 1.60. The van der Waals surface area contributed by atoms with Gasteiger partial charge >= 0.3 is 6.18 Å². The Morgan fingerprint density at radius 3 is 2.11 bits per heavy atom. The van der Waals surface area contributed by atoms with Gasteiger partial charge in [0.15, 0.2) is 5.69 Å². The van der Waals surface area contributed by atoms with E-state index in [4.69, 9.17) is 5.73 Å². The SMILES string of the molecule is Cc1cc(N)nn1Cn1nc(C(F)(F)F)cc1C. The first-order valence-electron chi connectivity index (χ1n) is 5.19. The van der Waals surface area contributed by atoms with Gasteiger partial charge in [0.1, 0.15) is 12.5 Å². The molecule has 0 fully saturated rings. The van der Waals surface area contributed by atoms with E-state index in [1.807, 2.05) is 0 Å². The topological polar surface area (TPSA) is 61.7 Å². The first kappa shape index (κ1) is 12.5. The molecular weight excluding hydrogens is 247 g/mol. The molecule has 98 valence electrons. The van der Waals surface area contributed by atoms with Crippen LogP contribution >= 0.6 is 0 Å². The Labute approximate surface area is 101 Å². The smallest absolute Gasteiger partial charge is 0.382 e. The van der Waals surface area contributed by atoms with Gasteiger partial charge in [-0.25, -0.2) is 9.36 Å². The van der Waals surface area contributed by atoms with Crippen LogP contribution < -0.4 is 5.73 Å². The van der Waals surface area contributed by atoms with E-state index in [0.717, 1.165) is 11.8 Å². The molecular formula is C10H12F3N5. The molecule has 2 heterocycles. The standard InChI is InChI=1S/C10H12F3N5/c1-6-3-8(10(11,12)13)15-17(6)5-18-7(2)4-9(14)16-18/h3-4H,5H2,1-2H3,(H2,14,16). The summed E-state index contributed by atoms with van der Waals surface area (Å²) in [5.41, 5.74) is 5.77. The summed E-state index contributed by atoms with van der Waals surface area (Å²) in [6, 6.07) is 2.64. The molecule has 0 aromatic carbocycles. The highest BCUT2D eigenvalue weighted by Crippen LogP contribution is 2.28. The minimum absolute atomic E-state index is 0.102. The van der Waals surface area contributed by atoms with Crippen molar-refractivity contribution in [2.24, 2.45) is 0 Å². The molecule has 2 N–H and O–H groups in total. The molecule has 0 saturated carbocycles. The van der Waals surface area contributed by atoms with Gasteiger partial charge in [0.25, 0.3) is 0 Å². The lowest BCUT2D eigenvalue weighted by atomic mass is 10.4. The van der Waals surface area contributed by atoms with E-state index in [2.05, 4.69) is 10.2 Å². The highest BCUT2D eigenvalue weighted by Gasteiger charge is 2.34. The van der Waals surface area contributed by atoms with E-state index in [0.29, 0.717) is 11.5 Å². The number of nitrogen functional groups attached to an aromatic ring is 1. The van der Waals surface area contributed by atoms with E-state index < -0.39 is 11.9 Å². The lowest BCUT2D eigenvalue weighted by molar-refractivity contribution is -0.141. The number of aryl methyl sites for hydroxylation is 2. The van der Waals surface area contributed by atoms with Crippen LogP contribution in [0.4, 0.5) is 19.0 Å². The van der Waals surface area contributed by atoms with Crippen LogP contribution in [0.5, 0.6) is 0 Å². The zero-order chi connectivity index (χ0) is 13.5. The van der Waals surface area contributed by atoms with Crippen molar-refractivity contribution in [2.75, 3.05) is 5.73 Å². The van der Waals surface area contributed by atoms with Crippen LogP contribution in [-0.4, -0.2) is 19.6 Å². The Hall–Kier alpha value is -1.99. The van der Waals surface area contributed by atoms with Crippen LogP contribution in [0, 0.1) is 13.8 Å². The average Bonchev–Trinajstić information content (AvgIpc) is 2.72. The fourth-order valence-corrected chi connectivity index (χ4v) is 1.60. The largest absolute Gasteiger partial charge is 0.435 e. The third-order valence-electron chi connectivity index (χ3n) is 2.54.